The average Bonchev–Trinajstić information content (AvgIpc) is 3.07. The van der Waals surface area contributed by atoms with Crippen molar-refractivity contribution in [1.29, 1.82) is 0 Å². The van der Waals surface area contributed by atoms with Crippen molar-refractivity contribution in [1.82, 2.24) is 4.98 Å². The molecule has 4 heteroatoms. The van der Waals surface area contributed by atoms with E-state index in [0.717, 1.165) is 29.8 Å². The lowest BCUT2D eigenvalue weighted by Crippen LogP contribution is -2.15. The van der Waals surface area contributed by atoms with Crippen molar-refractivity contribution in [3.63, 3.8) is 0 Å². The Hall–Kier alpha value is -1.39. The molecule has 1 aliphatic rings. The zero-order valence-electron chi connectivity index (χ0n) is 12.1. The van der Waals surface area contributed by atoms with E-state index in [4.69, 9.17) is 4.74 Å². The number of ether oxygens (including phenoxy) is 1. The van der Waals surface area contributed by atoms with Crippen molar-refractivity contribution in [2.45, 2.75) is 44.8 Å². The van der Waals surface area contributed by atoms with Gasteiger partial charge in [0.25, 0.3) is 0 Å². The van der Waals surface area contributed by atoms with Crippen LogP contribution in [0.2, 0.25) is 0 Å². The van der Waals surface area contributed by atoms with Gasteiger partial charge in [-0.15, -0.1) is 11.3 Å². The van der Waals surface area contributed by atoms with Crippen molar-refractivity contribution in [2.24, 2.45) is 5.92 Å². The Bertz CT molecular complexity index is 532. The summed E-state index contributed by atoms with van der Waals surface area (Å²) in [6, 6.07) is 7.84. The van der Waals surface area contributed by atoms with E-state index >= 15 is 0 Å². The number of aliphatic hydroxyl groups excluding tert-OH is 1. The number of nitrogens with zero attached hydrogens (tertiary/aromatic N) is 1. The van der Waals surface area contributed by atoms with Gasteiger partial charge in [-0.1, -0.05) is 31.4 Å². The summed E-state index contributed by atoms with van der Waals surface area (Å²) >= 11 is 1.57. The molecule has 1 aromatic carbocycles. The number of hydrogen-bond donors (Lipinski definition) is 1. The lowest BCUT2D eigenvalue weighted by Gasteiger charge is -2.26. The molecule has 1 aromatic heterocycles. The maximum absolute atomic E-state index is 10.5. The summed E-state index contributed by atoms with van der Waals surface area (Å²) in [4.78, 5) is 4.19. The molecule has 21 heavy (non-hydrogen) atoms. The fraction of sp³-hybridized carbons (Fsp3) is 0.471. The summed E-state index contributed by atoms with van der Waals surface area (Å²) in [7, 11) is 0. The molecular formula is C17H21NO2S. The molecule has 1 heterocycles. The van der Waals surface area contributed by atoms with Crippen LogP contribution in [0.15, 0.2) is 35.2 Å². The molecule has 1 N–H and O–H groups in total. The average molecular weight is 303 g/mol. The van der Waals surface area contributed by atoms with Crippen LogP contribution in [-0.4, -0.2) is 10.1 Å². The standard InChI is InChI=1S/C17H21NO2S/c19-17(13-4-2-1-3-5-13)14-6-8-16(9-7-14)20-10-15-11-21-12-18-15/h6-9,11-13,17,19H,1-5,10H2. The summed E-state index contributed by atoms with van der Waals surface area (Å²) < 4.78 is 5.69. The quantitative estimate of drug-likeness (QED) is 0.893. The number of thiazole rings is 1. The normalized spacial score (nSPS) is 17.6. The second kappa shape index (κ2) is 7.05. The van der Waals surface area contributed by atoms with Crippen molar-refractivity contribution < 1.29 is 9.84 Å². The summed E-state index contributed by atoms with van der Waals surface area (Å²) in [5.41, 5.74) is 3.76. The summed E-state index contributed by atoms with van der Waals surface area (Å²) in [6.07, 6.45) is 5.75. The Morgan fingerprint density at radius 2 is 1.95 bits per heavy atom. The van der Waals surface area contributed by atoms with E-state index in [9.17, 15) is 5.11 Å². The van der Waals surface area contributed by atoms with E-state index in [1.54, 1.807) is 11.3 Å². The predicted molar refractivity (Wildman–Crippen MR) is 84.4 cm³/mol. The summed E-state index contributed by atoms with van der Waals surface area (Å²) in [5.74, 6) is 1.24. The highest BCUT2D eigenvalue weighted by molar-refractivity contribution is 7.07. The number of aliphatic hydroxyl groups is 1. The van der Waals surface area contributed by atoms with Crippen LogP contribution in [0, 0.1) is 5.92 Å². The van der Waals surface area contributed by atoms with Crippen LogP contribution in [0.25, 0.3) is 0 Å². The maximum atomic E-state index is 10.5. The first kappa shape index (κ1) is 14.5. The van der Waals surface area contributed by atoms with Crippen LogP contribution in [0.1, 0.15) is 49.5 Å². The second-order valence-corrected chi connectivity index (χ2v) is 6.40. The molecular weight excluding hydrogens is 282 g/mol. The lowest BCUT2D eigenvalue weighted by atomic mass is 9.83. The van der Waals surface area contributed by atoms with Gasteiger partial charge in [0.05, 0.1) is 17.3 Å². The van der Waals surface area contributed by atoms with E-state index in [-0.39, 0.29) is 6.10 Å². The van der Waals surface area contributed by atoms with E-state index in [1.165, 1.54) is 19.3 Å². The smallest absolute Gasteiger partial charge is 0.131 e. The first-order chi connectivity index (χ1) is 10.3. The third kappa shape index (κ3) is 3.83. The van der Waals surface area contributed by atoms with Crippen molar-refractivity contribution in [3.8, 4) is 5.75 Å². The van der Waals surface area contributed by atoms with Gasteiger partial charge in [0.2, 0.25) is 0 Å². The molecule has 0 spiro atoms. The Balaban J connectivity index is 1.57. The highest BCUT2D eigenvalue weighted by Crippen LogP contribution is 2.34. The van der Waals surface area contributed by atoms with E-state index < -0.39 is 0 Å². The van der Waals surface area contributed by atoms with Gasteiger partial charge in [0, 0.05) is 5.38 Å². The first-order valence-corrected chi connectivity index (χ1v) is 8.55. The molecule has 112 valence electrons. The molecule has 0 radical (unpaired) electrons. The van der Waals surface area contributed by atoms with Gasteiger partial charge in [-0.2, -0.15) is 0 Å². The Kier molecular flexibility index (Phi) is 4.88. The third-order valence-electron chi connectivity index (χ3n) is 4.19. The number of aromatic nitrogens is 1. The van der Waals surface area contributed by atoms with Crippen LogP contribution >= 0.6 is 11.3 Å². The molecule has 0 aliphatic heterocycles. The molecule has 1 saturated carbocycles. The maximum Gasteiger partial charge on any atom is 0.131 e. The fourth-order valence-corrected chi connectivity index (χ4v) is 3.49. The van der Waals surface area contributed by atoms with Gasteiger partial charge in [0.15, 0.2) is 0 Å². The summed E-state index contributed by atoms with van der Waals surface area (Å²) in [5, 5.41) is 12.5. The molecule has 1 aliphatic carbocycles. The van der Waals surface area contributed by atoms with Crippen LogP contribution in [0.3, 0.4) is 0 Å². The predicted octanol–water partition coefficient (Wildman–Crippen LogP) is 4.34. The van der Waals surface area contributed by atoms with Gasteiger partial charge in [-0.25, -0.2) is 4.98 Å². The third-order valence-corrected chi connectivity index (χ3v) is 4.82. The fourth-order valence-electron chi connectivity index (χ4n) is 2.95. The minimum Gasteiger partial charge on any atom is -0.487 e. The van der Waals surface area contributed by atoms with Gasteiger partial charge >= 0.3 is 0 Å². The molecule has 0 bridgehead atoms. The largest absolute Gasteiger partial charge is 0.487 e. The summed E-state index contributed by atoms with van der Waals surface area (Å²) in [6.45, 7) is 0.494. The first-order valence-electron chi connectivity index (χ1n) is 7.61. The molecule has 1 atom stereocenters. The monoisotopic (exact) mass is 303 g/mol. The Morgan fingerprint density at radius 1 is 1.19 bits per heavy atom. The van der Waals surface area contributed by atoms with E-state index in [0.29, 0.717) is 12.5 Å². The van der Waals surface area contributed by atoms with Gasteiger partial charge in [-0.05, 0) is 36.5 Å². The van der Waals surface area contributed by atoms with Gasteiger partial charge < -0.3 is 9.84 Å². The molecule has 0 amide bonds. The molecule has 1 fully saturated rings. The lowest BCUT2D eigenvalue weighted by molar-refractivity contribution is 0.0848. The topological polar surface area (TPSA) is 42.4 Å². The highest BCUT2D eigenvalue weighted by Gasteiger charge is 2.22. The number of rotatable bonds is 5. The highest BCUT2D eigenvalue weighted by atomic mass is 32.1. The molecule has 3 rings (SSSR count). The Morgan fingerprint density at radius 3 is 2.62 bits per heavy atom. The number of hydrogen-bond acceptors (Lipinski definition) is 4. The van der Waals surface area contributed by atoms with Crippen LogP contribution in [0.5, 0.6) is 5.75 Å². The van der Waals surface area contributed by atoms with Crippen LogP contribution in [-0.2, 0) is 6.61 Å². The minimum absolute atomic E-state index is 0.335. The molecule has 2 aromatic rings. The van der Waals surface area contributed by atoms with E-state index in [1.807, 2.05) is 35.2 Å². The van der Waals surface area contributed by atoms with Gasteiger partial charge in [-0.3, -0.25) is 0 Å². The zero-order valence-corrected chi connectivity index (χ0v) is 12.9. The minimum atomic E-state index is -0.335. The second-order valence-electron chi connectivity index (χ2n) is 5.68. The van der Waals surface area contributed by atoms with Crippen molar-refractivity contribution >= 4 is 11.3 Å². The SMILES string of the molecule is OC(c1ccc(OCc2cscn2)cc1)C1CCCCC1. The van der Waals surface area contributed by atoms with Crippen molar-refractivity contribution in [3.05, 3.63) is 46.4 Å². The zero-order chi connectivity index (χ0) is 14.5. The van der Waals surface area contributed by atoms with Crippen molar-refractivity contribution in [2.75, 3.05) is 0 Å². The van der Waals surface area contributed by atoms with Crippen LogP contribution < -0.4 is 4.74 Å². The molecule has 1 unspecified atom stereocenters. The van der Waals surface area contributed by atoms with E-state index in [2.05, 4.69) is 4.98 Å². The molecule has 3 nitrogen and oxygen atoms in total. The molecule has 0 saturated heterocycles. The van der Waals surface area contributed by atoms with Crippen LogP contribution in [0.4, 0.5) is 0 Å². The Labute approximate surface area is 129 Å². The van der Waals surface area contributed by atoms with Gasteiger partial charge in [0.1, 0.15) is 12.4 Å². The number of benzene rings is 1.